The summed E-state index contributed by atoms with van der Waals surface area (Å²) in [5.74, 6) is -5.51. The van der Waals surface area contributed by atoms with Crippen molar-refractivity contribution < 1.29 is 47.8 Å². The van der Waals surface area contributed by atoms with Gasteiger partial charge in [0.1, 0.15) is 18.1 Å². The molecule has 0 saturated carbocycles. The van der Waals surface area contributed by atoms with E-state index in [0.717, 1.165) is 14.0 Å². The topological polar surface area (TPSA) is 187 Å². The second kappa shape index (κ2) is 15.4. The number of allylic oxidation sites excluding steroid dienone is 1. The molecule has 1 heterocycles. The van der Waals surface area contributed by atoms with Gasteiger partial charge in [-0.25, -0.2) is 4.79 Å². The molecule has 3 atom stereocenters. The van der Waals surface area contributed by atoms with E-state index in [9.17, 15) is 33.6 Å². The molecule has 0 bridgehead atoms. The van der Waals surface area contributed by atoms with Crippen molar-refractivity contribution in [3.63, 3.8) is 0 Å². The van der Waals surface area contributed by atoms with E-state index in [0.29, 0.717) is 25.1 Å². The van der Waals surface area contributed by atoms with Gasteiger partial charge in [-0.3, -0.25) is 34.1 Å². The molecule has 0 spiro atoms. The summed E-state index contributed by atoms with van der Waals surface area (Å²) in [6.07, 6.45) is 0.607. The first kappa shape index (κ1) is 33.1. The van der Waals surface area contributed by atoms with Gasteiger partial charge in [-0.1, -0.05) is 13.8 Å². The van der Waals surface area contributed by atoms with Crippen molar-refractivity contribution in [3.05, 3.63) is 11.5 Å². The number of carbonyl (C=O) groups excluding carboxylic acids is 7. The minimum Gasteiger partial charge on any atom is -0.469 e. The van der Waals surface area contributed by atoms with Gasteiger partial charge in [0, 0.05) is 19.9 Å². The van der Waals surface area contributed by atoms with Crippen LogP contribution in [0.25, 0.3) is 0 Å². The van der Waals surface area contributed by atoms with Crippen molar-refractivity contribution in [2.24, 2.45) is 5.92 Å². The molecule has 14 heteroatoms. The average molecular weight is 555 g/mol. The molecule has 1 aliphatic rings. The number of carbonyl (C=O) groups is 7. The first-order chi connectivity index (χ1) is 18.2. The second-order valence-electron chi connectivity index (χ2n) is 9.25. The summed E-state index contributed by atoms with van der Waals surface area (Å²) in [6.45, 7) is 7.78. The quantitative estimate of drug-likeness (QED) is 0.124. The number of rotatable bonds is 12. The summed E-state index contributed by atoms with van der Waals surface area (Å²) >= 11 is 0. The maximum Gasteiger partial charge on any atom is 0.375 e. The number of hydrogen-bond donors (Lipinski definition) is 3. The Morgan fingerprint density at radius 1 is 0.872 bits per heavy atom. The standard InChI is InChI=1S/C25H38N4O10/c1-13(2)20(21(25(36)38-7)39-16(5)30)29-12-8-9-17(29)24(35)28-23(34)15(4)27-22(33)14(3)26-18(31)10-11-19(32)37-6/h13-15,17H,8-12H2,1-7H3,(H,26,31)(H,27,33)(H,28,34,35)/b21-20+/t14-,15-,17-/m0/s1. The Morgan fingerprint density at radius 3 is 2.03 bits per heavy atom. The van der Waals surface area contributed by atoms with E-state index >= 15 is 0 Å². The van der Waals surface area contributed by atoms with Crippen LogP contribution in [0.3, 0.4) is 0 Å². The molecule has 0 aliphatic carbocycles. The lowest BCUT2D eigenvalue weighted by Crippen LogP contribution is -2.54. The predicted molar refractivity (Wildman–Crippen MR) is 135 cm³/mol. The van der Waals surface area contributed by atoms with Crippen LogP contribution in [0.2, 0.25) is 0 Å². The lowest BCUT2D eigenvalue weighted by molar-refractivity contribution is -0.149. The highest BCUT2D eigenvalue weighted by Gasteiger charge is 2.38. The summed E-state index contributed by atoms with van der Waals surface area (Å²) in [5, 5.41) is 7.11. The fraction of sp³-hybridized carbons (Fsp3) is 0.640. The maximum atomic E-state index is 13.1. The second-order valence-corrected chi connectivity index (χ2v) is 9.25. The zero-order chi connectivity index (χ0) is 29.9. The Labute approximate surface area is 227 Å². The van der Waals surface area contributed by atoms with E-state index in [1.165, 1.54) is 21.0 Å². The lowest BCUT2D eigenvalue weighted by Gasteiger charge is -2.31. The van der Waals surface area contributed by atoms with Crippen LogP contribution >= 0.6 is 0 Å². The molecule has 1 saturated heterocycles. The van der Waals surface area contributed by atoms with Gasteiger partial charge in [0.25, 0.3) is 0 Å². The molecule has 0 unspecified atom stereocenters. The largest absolute Gasteiger partial charge is 0.469 e. The van der Waals surface area contributed by atoms with Gasteiger partial charge >= 0.3 is 17.9 Å². The molecule has 4 amide bonds. The minimum absolute atomic E-state index is 0.147. The van der Waals surface area contributed by atoms with Gasteiger partial charge in [-0.15, -0.1) is 0 Å². The number of likely N-dealkylation sites (tertiary alicyclic amines) is 1. The van der Waals surface area contributed by atoms with Crippen LogP contribution < -0.4 is 16.0 Å². The van der Waals surface area contributed by atoms with Crippen LogP contribution in [0.4, 0.5) is 0 Å². The molecule has 0 aromatic carbocycles. The van der Waals surface area contributed by atoms with Crippen LogP contribution in [-0.4, -0.2) is 85.3 Å². The van der Waals surface area contributed by atoms with Gasteiger partial charge in [-0.05, 0) is 32.6 Å². The molecule has 3 N–H and O–H groups in total. The van der Waals surface area contributed by atoms with Crippen molar-refractivity contribution in [1.29, 1.82) is 0 Å². The van der Waals surface area contributed by atoms with Crippen LogP contribution in [0.1, 0.15) is 60.3 Å². The SMILES string of the molecule is COC(=O)CCC(=O)N[C@@H](C)C(=O)N[C@@H](C)C(=O)NC(=O)[C@@H]1CCCN1/C(=C(/OC(C)=O)C(=O)OC)C(C)C. The van der Waals surface area contributed by atoms with Gasteiger partial charge in [0.2, 0.25) is 29.4 Å². The zero-order valence-electron chi connectivity index (χ0n) is 23.4. The fourth-order valence-electron chi connectivity index (χ4n) is 3.90. The van der Waals surface area contributed by atoms with E-state index in [-0.39, 0.29) is 24.5 Å². The number of esters is 3. The minimum atomic E-state index is -1.13. The van der Waals surface area contributed by atoms with Crippen molar-refractivity contribution in [2.45, 2.75) is 78.4 Å². The molecule has 0 aromatic heterocycles. The molecule has 14 nitrogen and oxygen atoms in total. The molecule has 0 aromatic rings. The number of imide groups is 1. The maximum absolute atomic E-state index is 13.1. The highest BCUT2D eigenvalue weighted by atomic mass is 16.6. The van der Waals surface area contributed by atoms with Gasteiger partial charge in [0.05, 0.1) is 26.3 Å². The monoisotopic (exact) mass is 554 g/mol. The van der Waals surface area contributed by atoms with E-state index in [1.54, 1.807) is 18.7 Å². The van der Waals surface area contributed by atoms with Crippen molar-refractivity contribution in [3.8, 4) is 0 Å². The summed E-state index contributed by atoms with van der Waals surface area (Å²) in [4.78, 5) is 86.8. The number of ether oxygens (including phenoxy) is 3. The Balaban J connectivity index is 2.89. The molecule has 1 rings (SSSR count). The summed E-state index contributed by atoms with van der Waals surface area (Å²) in [5.41, 5.74) is 0.292. The third kappa shape index (κ3) is 10.0. The Hall–Kier alpha value is -3.97. The van der Waals surface area contributed by atoms with Crippen molar-refractivity contribution in [2.75, 3.05) is 20.8 Å². The molecule has 218 valence electrons. The van der Waals surface area contributed by atoms with E-state index in [1.807, 2.05) is 0 Å². The summed E-state index contributed by atoms with van der Waals surface area (Å²) < 4.78 is 14.4. The lowest BCUT2D eigenvalue weighted by atomic mass is 10.1. The zero-order valence-corrected chi connectivity index (χ0v) is 23.4. The highest BCUT2D eigenvalue weighted by Crippen LogP contribution is 2.30. The van der Waals surface area contributed by atoms with Gasteiger partial charge in [0.15, 0.2) is 0 Å². The number of methoxy groups -OCH3 is 2. The number of nitrogens with one attached hydrogen (secondary N) is 3. The van der Waals surface area contributed by atoms with E-state index in [4.69, 9.17) is 9.47 Å². The van der Waals surface area contributed by atoms with Crippen molar-refractivity contribution >= 4 is 41.5 Å². The first-order valence-electron chi connectivity index (χ1n) is 12.5. The molecular weight excluding hydrogens is 516 g/mol. The normalized spacial score (nSPS) is 16.8. The number of hydrogen-bond acceptors (Lipinski definition) is 11. The van der Waals surface area contributed by atoms with Crippen LogP contribution in [0.15, 0.2) is 11.5 Å². The van der Waals surface area contributed by atoms with Crippen LogP contribution in [0, 0.1) is 5.92 Å². The molecule has 39 heavy (non-hydrogen) atoms. The predicted octanol–water partition coefficient (Wildman–Crippen LogP) is -0.340. The highest BCUT2D eigenvalue weighted by molar-refractivity contribution is 6.01. The third-order valence-electron chi connectivity index (χ3n) is 5.81. The third-order valence-corrected chi connectivity index (χ3v) is 5.81. The van der Waals surface area contributed by atoms with Crippen LogP contribution in [-0.2, 0) is 47.8 Å². The number of nitrogens with zero attached hydrogens (tertiary/aromatic N) is 1. The molecular formula is C25H38N4O10. The molecule has 1 aliphatic heterocycles. The van der Waals surface area contributed by atoms with Crippen LogP contribution in [0.5, 0.6) is 0 Å². The summed E-state index contributed by atoms with van der Waals surface area (Å²) in [7, 11) is 2.33. The molecule has 0 radical (unpaired) electrons. The Morgan fingerprint density at radius 2 is 1.49 bits per heavy atom. The smallest absolute Gasteiger partial charge is 0.375 e. The Bertz CT molecular complexity index is 1010. The van der Waals surface area contributed by atoms with E-state index < -0.39 is 59.7 Å². The fourth-order valence-corrected chi connectivity index (χ4v) is 3.90. The Kier molecular flexibility index (Phi) is 13.1. The van der Waals surface area contributed by atoms with Crippen molar-refractivity contribution in [1.82, 2.24) is 20.9 Å². The molecule has 1 fully saturated rings. The van der Waals surface area contributed by atoms with E-state index in [2.05, 4.69) is 20.7 Å². The summed E-state index contributed by atoms with van der Waals surface area (Å²) in [6, 6.07) is -2.99. The first-order valence-corrected chi connectivity index (χ1v) is 12.5. The van der Waals surface area contributed by atoms with Gasteiger partial charge in [-0.2, -0.15) is 0 Å². The number of amides is 4. The van der Waals surface area contributed by atoms with Gasteiger partial charge < -0.3 is 29.7 Å². The average Bonchev–Trinajstić information content (AvgIpc) is 3.35.